The Morgan fingerprint density at radius 3 is 2.19 bits per heavy atom. The number of nitrogens with one attached hydrogen (secondary N) is 2. The normalized spacial score (nSPS) is 15.7. The zero-order valence-corrected chi connectivity index (χ0v) is 16.7. The summed E-state index contributed by atoms with van der Waals surface area (Å²) in [6.45, 7) is 6.17. The van der Waals surface area contributed by atoms with Crippen LogP contribution < -0.4 is 15.4 Å². The third kappa shape index (κ3) is 4.55. The van der Waals surface area contributed by atoms with Crippen molar-refractivity contribution in [1.29, 1.82) is 0 Å². The molecular formula is C22H28N2OS. The third-order valence-corrected chi connectivity index (χ3v) is 5.10. The van der Waals surface area contributed by atoms with Gasteiger partial charge in [0.1, 0.15) is 5.75 Å². The van der Waals surface area contributed by atoms with Crippen LogP contribution in [0.5, 0.6) is 5.75 Å². The third-order valence-electron chi connectivity index (χ3n) is 4.90. The molecule has 1 aliphatic rings. The number of anilines is 1. The molecule has 0 bridgehead atoms. The smallest absolute Gasteiger partial charge is 0.171 e. The maximum atomic E-state index is 5.69. The first-order valence-corrected chi connectivity index (χ1v) is 9.81. The molecule has 0 aromatic heterocycles. The largest absolute Gasteiger partial charge is 0.491 e. The predicted octanol–water partition coefficient (Wildman–Crippen LogP) is 5.54. The van der Waals surface area contributed by atoms with Gasteiger partial charge in [0.05, 0.1) is 11.6 Å². The van der Waals surface area contributed by atoms with Gasteiger partial charge in [-0.25, -0.2) is 0 Å². The highest BCUT2D eigenvalue weighted by molar-refractivity contribution is 7.80. The summed E-state index contributed by atoms with van der Waals surface area (Å²) in [6, 6.07) is 16.8. The van der Waals surface area contributed by atoms with Gasteiger partial charge >= 0.3 is 0 Å². The maximum Gasteiger partial charge on any atom is 0.171 e. The van der Waals surface area contributed by atoms with Crippen LogP contribution >= 0.6 is 12.2 Å². The first-order valence-electron chi connectivity index (χ1n) is 9.40. The Kier molecular flexibility index (Phi) is 5.82. The summed E-state index contributed by atoms with van der Waals surface area (Å²) >= 11 is 5.62. The minimum atomic E-state index is -0.0571. The van der Waals surface area contributed by atoms with Crippen molar-refractivity contribution in [3.8, 4) is 5.75 Å². The number of thiocarbonyl (C=S) groups is 1. The number of aryl methyl sites for hydroxylation is 1. The van der Waals surface area contributed by atoms with Gasteiger partial charge in [-0.3, -0.25) is 0 Å². The molecule has 0 radical (unpaired) electrons. The summed E-state index contributed by atoms with van der Waals surface area (Å²) in [5, 5.41) is 7.60. The molecule has 0 amide bonds. The lowest BCUT2D eigenvalue weighted by atomic mass is 9.88. The lowest BCUT2D eigenvalue weighted by Gasteiger charge is -2.32. The van der Waals surface area contributed by atoms with Crippen molar-refractivity contribution < 1.29 is 4.74 Å². The Morgan fingerprint density at radius 1 is 1.00 bits per heavy atom. The highest BCUT2D eigenvalue weighted by atomic mass is 32.1. The van der Waals surface area contributed by atoms with E-state index in [0.717, 1.165) is 24.3 Å². The Morgan fingerprint density at radius 2 is 1.62 bits per heavy atom. The summed E-state index contributed by atoms with van der Waals surface area (Å²) in [7, 11) is 0. The second-order valence-corrected chi connectivity index (χ2v) is 7.83. The second kappa shape index (κ2) is 8.09. The Hall–Kier alpha value is -2.07. The number of hydrogen-bond donors (Lipinski definition) is 2. The van der Waals surface area contributed by atoms with Crippen molar-refractivity contribution in [3.05, 3.63) is 59.7 Å². The number of ether oxygens (including phenoxy) is 1. The first kappa shape index (κ1) is 18.7. The molecule has 26 heavy (non-hydrogen) atoms. The lowest BCUT2D eigenvalue weighted by Crippen LogP contribution is -2.45. The monoisotopic (exact) mass is 368 g/mol. The van der Waals surface area contributed by atoms with E-state index in [-0.39, 0.29) is 11.6 Å². The van der Waals surface area contributed by atoms with Crippen LogP contribution in [0.4, 0.5) is 5.69 Å². The molecule has 2 aromatic rings. The summed E-state index contributed by atoms with van der Waals surface area (Å²) in [4.78, 5) is 0. The summed E-state index contributed by atoms with van der Waals surface area (Å²) in [5.74, 6) is 0.872. The molecule has 3 rings (SSSR count). The van der Waals surface area contributed by atoms with Crippen LogP contribution in [0, 0.1) is 6.92 Å². The molecule has 138 valence electrons. The first-order chi connectivity index (χ1) is 12.5. The molecular weight excluding hydrogens is 340 g/mol. The molecule has 0 spiro atoms. The predicted molar refractivity (Wildman–Crippen MR) is 113 cm³/mol. The molecule has 1 aliphatic carbocycles. The molecule has 3 nitrogen and oxygen atoms in total. The second-order valence-electron chi connectivity index (χ2n) is 7.43. The van der Waals surface area contributed by atoms with Gasteiger partial charge in [-0.1, -0.05) is 42.7 Å². The van der Waals surface area contributed by atoms with Gasteiger partial charge < -0.3 is 15.4 Å². The van der Waals surface area contributed by atoms with Crippen LogP contribution in [-0.2, 0) is 5.54 Å². The minimum Gasteiger partial charge on any atom is -0.491 e. The summed E-state index contributed by atoms with van der Waals surface area (Å²) in [5.41, 5.74) is 3.52. The highest BCUT2D eigenvalue weighted by Gasteiger charge is 2.36. The number of rotatable bonds is 5. The zero-order chi connectivity index (χ0) is 18.6. The van der Waals surface area contributed by atoms with E-state index < -0.39 is 0 Å². The fourth-order valence-electron chi connectivity index (χ4n) is 3.61. The van der Waals surface area contributed by atoms with E-state index in [9.17, 15) is 0 Å². The van der Waals surface area contributed by atoms with Crippen LogP contribution in [0.2, 0.25) is 0 Å². The van der Waals surface area contributed by atoms with Gasteiger partial charge in [-0.15, -0.1) is 0 Å². The fourth-order valence-corrected chi connectivity index (χ4v) is 3.92. The summed E-state index contributed by atoms with van der Waals surface area (Å²) < 4.78 is 5.69. The van der Waals surface area contributed by atoms with E-state index in [4.69, 9.17) is 17.0 Å². The Balaban J connectivity index is 1.68. The van der Waals surface area contributed by atoms with Crippen molar-refractivity contribution in [3.63, 3.8) is 0 Å². The molecule has 0 unspecified atom stereocenters. The maximum absolute atomic E-state index is 5.69. The molecule has 0 atom stereocenters. The zero-order valence-electron chi connectivity index (χ0n) is 15.8. The van der Waals surface area contributed by atoms with Crippen molar-refractivity contribution in [2.24, 2.45) is 0 Å². The van der Waals surface area contributed by atoms with Gasteiger partial charge in [-0.05, 0) is 75.7 Å². The van der Waals surface area contributed by atoms with Gasteiger partial charge in [0, 0.05) is 5.69 Å². The Labute approximate surface area is 162 Å². The lowest BCUT2D eigenvalue weighted by molar-refractivity contribution is 0.242. The van der Waals surface area contributed by atoms with Crippen molar-refractivity contribution in [2.45, 2.75) is 58.1 Å². The molecule has 4 heteroatoms. The van der Waals surface area contributed by atoms with Crippen LogP contribution in [0.3, 0.4) is 0 Å². The van der Waals surface area contributed by atoms with E-state index in [2.05, 4.69) is 41.8 Å². The molecule has 0 aliphatic heterocycles. The topological polar surface area (TPSA) is 33.3 Å². The minimum absolute atomic E-state index is 0.0571. The SMILES string of the molecule is Cc1ccc(C2(NC(=S)Nc3ccc(OC(C)C)cc3)CCCC2)cc1. The summed E-state index contributed by atoms with van der Waals surface area (Å²) in [6.07, 6.45) is 4.85. The number of benzene rings is 2. The molecule has 2 aromatic carbocycles. The van der Waals surface area contributed by atoms with E-state index in [1.54, 1.807) is 0 Å². The van der Waals surface area contributed by atoms with Crippen LogP contribution in [0.25, 0.3) is 0 Å². The van der Waals surface area contributed by atoms with Crippen molar-refractivity contribution in [1.82, 2.24) is 5.32 Å². The Bertz CT molecular complexity index is 732. The van der Waals surface area contributed by atoms with E-state index in [1.807, 2.05) is 38.1 Å². The molecule has 1 saturated carbocycles. The van der Waals surface area contributed by atoms with Gasteiger partial charge in [0.2, 0.25) is 0 Å². The van der Waals surface area contributed by atoms with Gasteiger partial charge in [0.15, 0.2) is 5.11 Å². The molecule has 2 N–H and O–H groups in total. The van der Waals surface area contributed by atoms with Crippen molar-refractivity contribution in [2.75, 3.05) is 5.32 Å². The molecule has 0 saturated heterocycles. The van der Waals surface area contributed by atoms with Crippen molar-refractivity contribution >= 4 is 23.0 Å². The molecule has 1 fully saturated rings. The fraction of sp³-hybridized carbons (Fsp3) is 0.409. The van der Waals surface area contributed by atoms with Gasteiger partial charge in [-0.2, -0.15) is 0 Å². The average molecular weight is 369 g/mol. The molecule has 0 heterocycles. The van der Waals surface area contributed by atoms with Crippen LogP contribution in [0.15, 0.2) is 48.5 Å². The van der Waals surface area contributed by atoms with E-state index >= 15 is 0 Å². The average Bonchev–Trinajstić information content (AvgIpc) is 3.06. The van der Waals surface area contributed by atoms with Gasteiger partial charge in [0.25, 0.3) is 0 Å². The van der Waals surface area contributed by atoms with Crippen LogP contribution in [-0.4, -0.2) is 11.2 Å². The van der Waals surface area contributed by atoms with E-state index in [1.165, 1.54) is 24.0 Å². The standard InChI is InChI=1S/C22H28N2OS/c1-16(2)25-20-12-10-19(11-13-20)23-21(26)24-22(14-4-5-15-22)18-8-6-17(3)7-9-18/h6-13,16H,4-5,14-15H2,1-3H3,(H2,23,24,26). The van der Waals surface area contributed by atoms with E-state index in [0.29, 0.717) is 5.11 Å². The quantitative estimate of drug-likeness (QED) is 0.679. The number of hydrogen-bond acceptors (Lipinski definition) is 2. The highest BCUT2D eigenvalue weighted by Crippen LogP contribution is 2.39. The van der Waals surface area contributed by atoms with Crippen LogP contribution in [0.1, 0.15) is 50.7 Å².